The summed E-state index contributed by atoms with van der Waals surface area (Å²) in [6, 6.07) is 92.6. The van der Waals surface area contributed by atoms with Crippen LogP contribution in [0, 0.1) is 0 Å². The molecule has 0 bridgehead atoms. The molecule has 3 nitrogen and oxygen atoms in total. The summed E-state index contributed by atoms with van der Waals surface area (Å²) in [5, 5.41) is 12.0. The van der Waals surface area contributed by atoms with Crippen LogP contribution in [0.5, 0.6) is 0 Å². The van der Waals surface area contributed by atoms with Gasteiger partial charge in [0.15, 0.2) is 0 Å². The largest absolute Gasteiger partial charge is 0.455 e. The molecule has 0 fully saturated rings. The van der Waals surface area contributed by atoms with E-state index >= 15 is 0 Å². The molecule has 0 saturated heterocycles. The number of hydrogen-bond acceptors (Lipinski definition) is 2. The van der Waals surface area contributed by atoms with Gasteiger partial charge in [-0.1, -0.05) is 182 Å². The van der Waals surface area contributed by atoms with Crippen molar-refractivity contribution in [3.63, 3.8) is 0 Å². The van der Waals surface area contributed by atoms with E-state index in [1.165, 1.54) is 54.3 Å². The molecule has 3 heteroatoms. The van der Waals surface area contributed by atoms with Crippen molar-refractivity contribution in [2.24, 2.45) is 0 Å². The third-order valence-corrected chi connectivity index (χ3v) is 14.2. The standard InChI is InChI=1S/C66H42N2O/c1-4-22-52-44(16-1)34-39-59-58-38-35-47(42-65(58)69-66(52)59)51-21-7-11-28-61(51)67(64-31-14-10-27-57(64)60-41-46-17-2-3-20-50(46)53-23-5-6-24-54(53)60)48-36-32-43(33-37-48)45-18-15-19-49(40-45)68-62-29-12-8-25-55(62)56-26-9-13-30-63(56)68/h1-42H. The lowest BCUT2D eigenvalue weighted by molar-refractivity contribution is 0.673. The van der Waals surface area contributed by atoms with E-state index < -0.39 is 0 Å². The van der Waals surface area contributed by atoms with E-state index in [2.05, 4.69) is 264 Å². The van der Waals surface area contributed by atoms with Crippen molar-refractivity contribution in [3.8, 4) is 39.1 Å². The Labute approximate surface area is 399 Å². The van der Waals surface area contributed by atoms with Crippen molar-refractivity contribution in [1.29, 1.82) is 0 Å². The lowest BCUT2D eigenvalue weighted by Gasteiger charge is -2.30. The van der Waals surface area contributed by atoms with E-state index in [-0.39, 0.29) is 0 Å². The number of furan rings is 1. The molecule has 0 atom stereocenters. The Morgan fingerprint density at radius 2 is 0.884 bits per heavy atom. The Morgan fingerprint density at radius 1 is 0.304 bits per heavy atom. The number of anilines is 3. The Hall–Kier alpha value is -9.18. The van der Waals surface area contributed by atoms with Gasteiger partial charge < -0.3 is 13.9 Å². The van der Waals surface area contributed by atoms with Crippen molar-refractivity contribution in [2.75, 3.05) is 4.90 Å². The second-order valence-electron chi connectivity index (χ2n) is 18.0. The van der Waals surface area contributed by atoms with Crippen molar-refractivity contribution in [3.05, 3.63) is 255 Å². The van der Waals surface area contributed by atoms with Gasteiger partial charge in [-0.3, -0.25) is 0 Å². The molecule has 0 aliphatic heterocycles. The van der Waals surface area contributed by atoms with Crippen molar-refractivity contribution < 1.29 is 4.42 Å². The lowest BCUT2D eigenvalue weighted by Crippen LogP contribution is -2.12. The summed E-state index contributed by atoms with van der Waals surface area (Å²) in [7, 11) is 0. The first kappa shape index (κ1) is 39.0. The van der Waals surface area contributed by atoms with Gasteiger partial charge >= 0.3 is 0 Å². The maximum absolute atomic E-state index is 6.76. The Kier molecular flexibility index (Phi) is 8.90. The zero-order chi connectivity index (χ0) is 45.4. The number of aromatic nitrogens is 1. The van der Waals surface area contributed by atoms with Gasteiger partial charge in [-0.25, -0.2) is 0 Å². The van der Waals surface area contributed by atoms with E-state index in [0.717, 1.165) is 77.9 Å². The monoisotopic (exact) mass is 878 g/mol. The molecule has 0 radical (unpaired) electrons. The van der Waals surface area contributed by atoms with Crippen LogP contribution in [0.3, 0.4) is 0 Å². The number of nitrogens with zero attached hydrogens (tertiary/aromatic N) is 2. The fraction of sp³-hybridized carbons (Fsp3) is 0. The summed E-state index contributed by atoms with van der Waals surface area (Å²) in [6.07, 6.45) is 0. The number of rotatable bonds is 7. The molecule has 0 saturated carbocycles. The number of hydrogen-bond donors (Lipinski definition) is 0. The predicted octanol–water partition coefficient (Wildman–Crippen LogP) is 18.6. The highest BCUT2D eigenvalue weighted by molar-refractivity contribution is 6.17. The van der Waals surface area contributed by atoms with Gasteiger partial charge in [-0.05, 0) is 122 Å². The molecular weight excluding hydrogens is 837 g/mol. The van der Waals surface area contributed by atoms with Gasteiger partial charge in [0.05, 0.1) is 22.4 Å². The molecule has 2 heterocycles. The molecule has 0 spiro atoms. The van der Waals surface area contributed by atoms with Crippen LogP contribution in [-0.4, -0.2) is 4.57 Å². The molecular formula is C66H42N2O. The van der Waals surface area contributed by atoms with Crippen LogP contribution >= 0.6 is 0 Å². The Bertz CT molecular complexity index is 4270. The average Bonchev–Trinajstić information content (AvgIpc) is 3.97. The van der Waals surface area contributed by atoms with Crippen LogP contribution < -0.4 is 4.90 Å². The van der Waals surface area contributed by atoms with E-state index in [4.69, 9.17) is 4.42 Å². The summed E-state index contributed by atoms with van der Waals surface area (Å²) in [5.74, 6) is 0. The fourth-order valence-corrected chi connectivity index (χ4v) is 11.0. The van der Waals surface area contributed by atoms with Crippen LogP contribution in [-0.2, 0) is 0 Å². The smallest absolute Gasteiger partial charge is 0.143 e. The molecule has 14 rings (SSSR count). The molecule has 14 aromatic rings. The maximum atomic E-state index is 6.76. The van der Waals surface area contributed by atoms with E-state index in [1.54, 1.807) is 0 Å². The average molecular weight is 879 g/mol. The van der Waals surface area contributed by atoms with Gasteiger partial charge in [0.2, 0.25) is 0 Å². The highest BCUT2D eigenvalue weighted by Gasteiger charge is 2.23. The predicted molar refractivity (Wildman–Crippen MR) is 292 cm³/mol. The number of para-hydroxylation sites is 4. The minimum Gasteiger partial charge on any atom is -0.455 e. The van der Waals surface area contributed by atoms with Crippen LogP contribution in [0.4, 0.5) is 17.1 Å². The van der Waals surface area contributed by atoms with Crippen LogP contribution in [0.25, 0.3) is 115 Å². The Morgan fingerprint density at radius 3 is 1.65 bits per heavy atom. The van der Waals surface area contributed by atoms with Crippen molar-refractivity contribution in [2.45, 2.75) is 0 Å². The summed E-state index contributed by atoms with van der Waals surface area (Å²) < 4.78 is 9.15. The molecule has 0 aliphatic rings. The molecule has 0 amide bonds. The SMILES string of the molecule is c1cc(-c2ccc(N(c3ccccc3-c3ccc4c(c3)oc3c5ccccc5ccc43)c3ccccc3-c3cc4ccccc4c4ccccc34)cc2)cc(-n2c3ccccc3c3ccccc32)c1. The molecule has 0 unspecified atom stereocenters. The first-order chi connectivity index (χ1) is 34.2. The molecule has 2 aromatic heterocycles. The minimum atomic E-state index is 0.871. The molecule has 0 aliphatic carbocycles. The lowest BCUT2D eigenvalue weighted by atomic mass is 9.91. The zero-order valence-electron chi connectivity index (χ0n) is 37.6. The van der Waals surface area contributed by atoms with E-state index in [1.807, 2.05) is 0 Å². The number of benzene rings is 12. The molecule has 0 N–H and O–H groups in total. The van der Waals surface area contributed by atoms with Crippen LogP contribution in [0.2, 0.25) is 0 Å². The molecule has 322 valence electrons. The zero-order valence-corrected chi connectivity index (χ0v) is 37.6. The number of fused-ring (bicyclic) bond motifs is 11. The highest BCUT2D eigenvalue weighted by Crippen LogP contribution is 2.48. The fourth-order valence-electron chi connectivity index (χ4n) is 11.0. The van der Waals surface area contributed by atoms with Crippen LogP contribution in [0.1, 0.15) is 0 Å². The Balaban J connectivity index is 0.948. The van der Waals surface area contributed by atoms with E-state index in [9.17, 15) is 0 Å². The third kappa shape index (κ3) is 6.29. The summed E-state index contributed by atoms with van der Waals surface area (Å²) in [5.41, 5.74) is 15.4. The first-order valence-corrected chi connectivity index (χ1v) is 23.7. The normalized spacial score (nSPS) is 11.8. The topological polar surface area (TPSA) is 21.3 Å². The second kappa shape index (κ2) is 15.7. The molecule has 69 heavy (non-hydrogen) atoms. The minimum absolute atomic E-state index is 0.871. The van der Waals surface area contributed by atoms with Gasteiger partial charge in [0.1, 0.15) is 11.2 Å². The van der Waals surface area contributed by atoms with Gasteiger partial charge in [0.25, 0.3) is 0 Å². The summed E-state index contributed by atoms with van der Waals surface area (Å²) >= 11 is 0. The van der Waals surface area contributed by atoms with Crippen molar-refractivity contribution >= 4 is 93.1 Å². The molecule has 12 aromatic carbocycles. The quantitative estimate of drug-likeness (QED) is 0.149. The van der Waals surface area contributed by atoms with Crippen molar-refractivity contribution in [1.82, 2.24) is 4.57 Å². The van der Waals surface area contributed by atoms with Crippen LogP contribution in [0.15, 0.2) is 259 Å². The highest BCUT2D eigenvalue weighted by atomic mass is 16.3. The third-order valence-electron chi connectivity index (χ3n) is 14.2. The van der Waals surface area contributed by atoms with Gasteiger partial charge in [-0.2, -0.15) is 0 Å². The summed E-state index contributed by atoms with van der Waals surface area (Å²) in [4.78, 5) is 2.45. The maximum Gasteiger partial charge on any atom is 0.143 e. The first-order valence-electron chi connectivity index (χ1n) is 23.7. The van der Waals surface area contributed by atoms with E-state index in [0.29, 0.717) is 0 Å². The van der Waals surface area contributed by atoms with Gasteiger partial charge in [-0.15, -0.1) is 0 Å². The summed E-state index contributed by atoms with van der Waals surface area (Å²) in [6.45, 7) is 0. The second-order valence-corrected chi connectivity index (χ2v) is 18.0. The van der Waals surface area contributed by atoms with Gasteiger partial charge in [0, 0.05) is 49.4 Å².